The molecule has 1 atom stereocenters. The molecule has 0 bridgehead atoms. The third-order valence-electron chi connectivity index (χ3n) is 4.04. The fraction of sp³-hybridized carbons (Fsp3) is 0.571. The third kappa shape index (κ3) is 1.99. The summed E-state index contributed by atoms with van der Waals surface area (Å²) >= 11 is 6.05. The third-order valence-corrected chi connectivity index (χ3v) is 4.28. The standard InChI is InChI=1S/C14H18ClN/c15-13-4-1-3-11(9-13)10-14(12-5-6-12)7-2-8-16-14/h1,3-4,9,12,16H,2,5-8,10H2. The van der Waals surface area contributed by atoms with Crippen molar-refractivity contribution in [3.63, 3.8) is 0 Å². The second-order valence-electron chi connectivity index (χ2n) is 5.27. The van der Waals surface area contributed by atoms with Crippen LogP contribution in [-0.4, -0.2) is 12.1 Å². The quantitative estimate of drug-likeness (QED) is 0.847. The predicted octanol–water partition coefficient (Wildman–Crippen LogP) is 3.41. The van der Waals surface area contributed by atoms with Crippen LogP contribution >= 0.6 is 11.6 Å². The molecule has 2 fully saturated rings. The van der Waals surface area contributed by atoms with E-state index in [1.807, 2.05) is 6.07 Å². The average Bonchev–Trinajstić information content (AvgIpc) is 3.02. The molecule has 1 nitrogen and oxygen atoms in total. The highest BCUT2D eigenvalue weighted by molar-refractivity contribution is 6.30. The highest BCUT2D eigenvalue weighted by atomic mass is 35.5. The van der Waals surface area contributed by atoms with E-state index in [1.165, 1.54) is 37.8 Å². The first-order valence-electron chi connectivity index (χ1n) is 6.28. The summed E-state index contributed by atoms with van der Waals surface area (Å²) in [5, 5.41) is 4.62. The normalized spacial score (nSPS) is 29.6. The van der Waals surface area contributed by atoms with Crippen molar-refractivity contribution in [1.82, 2.24) is 5.32 Å². The van der Waals surface area contributed by atoms with Crippen molar-refractivity contribution in [1.29, 1.82) is 0 Å². The van der Waals surface area contributed by atoms with Crippen LogP contribution in [0.5, 0.6) is 0 Å². The maximum atomic E-state index is 6.05. The Morgan fingerprint density at radius 3 is 2.88 bits per heavy atom. The average molecular weight is 236 g/mol. The minimum absolute atomic E-state index is 0.394. The molecule has 0 amide bonds. The zero-order valence-electron chi connectivity index (χ0n) is 9.51. The lowest BCUT2D eigenvalue weighted by Gasteiger charge is -2.30. The first kappa shape index (κ1) is 10.6. The highest BCUT2D eigenvalue weighted by Crippen LogP contribution is 2.45. The summed E-state index contributed by atoms with van der Waals surface area (Å²) in [6, 6.07) is 8.34. The predicted molar refractivity (Wildman–Crippen MR) is 67.8 cm³/mol. The molecule has 1 saturated carbocycles. The van der Waals surface area contributed by atoms with E-state index >= 15 is 0 Å². The zero-order valence-corrected chi connectivity index (χ0v) is 10.3. The number of hydrogen-bond acceptors (Lipinski definition) is 1. The van der Waals surface area contributed by atoms with Gasteiger partial charge < -0.3 is 5.32 Å². The van der Waals surface area contributed by atoms with Gasteiger partial charge in [-0.2, -0.15) is 0 Å². The van der Waals surface area contributed by atoms with Gasteiger partial charge in [0.05, 0.1) is 0 Å². The second-order valence-corrected chi connectivity index (χ2v) is 5.70. The van der Waals surface area contributed by atoms with Crippen LogP contribution < -0.4 is 5.32 Å². The monoisotopic (exact) mass is 235 g/mol. The molecule has 1 aromatic rings. The summed E-state index contributed by atoms with van der Waals surface area (Å²) in [7, 11) is 0. The molecule has 0 spiro atoms. The Morgan fingerprint density at radius 2 is 2.25 bits per heavy atom. The van der Waals surface area contributed by atoms with Gasteiger partial charge in [0.2, 0.25) is 0 Å². The van der Waals surface area contributed by atoms with Gasteiger partial charge in [-0.3, -0.25) is 0 Å². The number of hydrogen-bond donors (Lipinski definition) is 1. The van der Waals surface area contributed by atoms with E-state index in [1.54, 1.807) is 0 Å². The summed E-state index contributed by atoms with van der Waals surface area (Å²) < 4.78 is 0. The van der Waals surface area contributed by atoms with Crippen molar-refractivity contribution in [2.75, 3.05) is 6.54 Å². The van der Waals surface area contributed by atoms with E-state index in [0.29, 0.717) is 5.54 Å². The molecule has 86 valence electrons. The van der Waals surface area contributed by atoms with E-state index in [2.05, 4.69) is 23.5 Å². The Kier molecular flexibility index (Phi) is 2.68. The summed E-state index contributed by atoms with van der Waals surface area (Å²) in [6.45, 7) is 1.19. The van der Waals surface area contributed by atoms with Crippen LogP contribution in [0.4, 0.5) is 0 Å². The molecule has 1 heterocycles. The van der Waals surface area contributed by atoms with Crippen molar-refractivity contribution >= 4 is 11.6 Å². The summed E-state index contributed by atoms with van der Waals surface area (Å²) in [6.07, 6.45) is 6.64. The van der Waals surface area contributed by atoms with Crippen LogP contribution in [0, 0.1) is 5.92 Å². The van der Waals surface area contributed by atoms with E-state index in [0.717, 1.165) is 17.4 Å². The van der Waals surface area contributed by atoms with Crippen LogP contribution in [0.25, 0.3) is 0 Å². The molecule has 1 aliphatic carbocycles. The molecule has 1 N–H and O–H groups in total. The molecule has 2 heteroatoms. The maximum Gasteiger partial charge on any atom is 0.0408 e. The van der Waals surface area contributed by atoms with E-state index in [4.69, 9.17) is 11.6 Å². The minimum Gasteiger partial charge on any atom is -0.311 e. The Balaban J connectivity index is 1.81. The maximum absolute atomic E-state index is 6.05. The molecular weight excluding hydrogens is 218 g/mol. The highest BCUT2D eigenvalue weighted by Gasteiger charge is 2.46. The van der Waals surface area contributed by atoms with E-state index < -0.39 is 0 Å². The molecule has 1 aromatic carbocycles. The lowest BCUT2D eigenvalue weighted by molar-refractivity contribution is 0.323. The van der Waals surface area contributed by atoms with Gasteiger partial charge in [0.15, 0.2) is 0 Å². The summed E-state index contributed by atoms with van der Waals surface area (Å²) in [5.74, 6) is 0.911. The number of benzene rings is 1. The van der Waals surface area contributed by atoms with Crippen LogP contribution in [0.2, 0.25) is 5.02 Å². The molecule has 0 aromatic heterocycles. The SMILES string of the molecule is Clc1cccc(CC2(C3CC3)CCCN2)c1. The van der Waals surface area contributed by atoms with Crippen molar-refractivity contribution in [2.24, 2.45) is 5.92 Å². The van der Waals surface area contributed by atoms with Crippen molar-refractivity contribution in [2.45, 2.75) is 37.6 Å². The number of nitrogens with one attached hydrogen (secondary N) is 1. The largest absolute Gasteiger partial charge is 0.311 e. The van der Waals surface area contributed by atoms with Crippen LogP contribution in [-0.2, 0) is 6.42 Å². The van der Waals surface area contributed by atoms with Gasteiger partial charge in [-0.25, -0.2) is 0 Å². The topological polar surface area (TPSA) is 12.0 Å². The van der Waals surface area contributed by atoms with E-state index in [9.17, 15) is 0 Å². The molecule has 1 saturated heterocycles. The van der Waals surface area contributed by atoms with Crippen molar-refractivity contribution < 1.29 is 0 Å². The van der Waals surface area contributed by atoms with Gasteiger partial charge in [-0.1, -0.05) is 23.7 Å². The molecule has 1 unspecified atom stereocenters. The molecular formula is C14H18ClN. The Labute approximate surface area is 102 Å². The fourth-order valence-electron chi connectivity index (χ4n) is 3.12. The Bertz CT molecular complexity index is 378. The molecule has 0 radical (unpaired) electrons. The smallest absolute Gasteiger partial charge is 0.0408 e. The van der Waals surface area contributed by atoms with Gasteiger partial charge in [-0.05, 0) is 62.3 Å². The van der Waals surface area contributed by atoms with Crippen molar-refractivity contribution in [3.8, 4) is 0 Å². The molecule has 16 heavy (non-hydrogen) atoms. The summed E-state index contributed by atoms with van der Waals surface area (Å²) in [4.78, 5) is 0. The molecule has 1 aliphatic heterocycles. The lowest BCUT2D eigenvalue weighted by Crippen LogP contribution is -2.44. The van der Waals surface area contributed by atoms with Crippen LogP contribution in [0.15, 0.2) is 24.3 Å². The van der Waals surface area contributed by atoms with Crippen LogP contribution in [0.1, 0.15) is 31.2 Å². The Hall–Kier alpha value is -0.530. The van der Waals surface area contributed by atoms with E-state index in [-0.39, 0.29) is 0 Å². The fourth-order valence-corrected chi connectivity index (χ4v) is 3.33. The number of rotatable bonds is 3. The second kappa shape index (κ2) is 4.05. The van der Waals surface area contributed by atoms with Gasteiger partial charge in [0.25, 0.3) is 0 Å². The zero-order chi connectivity index (χ0) is 11.0. The van der Waals surface area contributed by atoms with Crippen LogP contribution in [0.3, 0.4) is 0 Å². The van der Waals surface area contributed by atoms with Crippen molar-refractivity contribution in [3.05, 3.63) is 34.9 Å². The summed E-state index contributed by atoms with van der Waals surface area (Å²) in [5.41, 5.74) is 1.78. The first-order chi connectivity index (χ1) is 7.78. The lowest BCUT2D eigenvalue weighted by atomic mass is 9.85. The molecule has 2 aliphatic rings. The molecule has 3 rings (SSSR count). The van der Waals surface area contributed by atoms with Gasteiger partial charge >= 0.3 is 0 Å². The van der Waals surface area contributed by atoms with Gasteiger partial charge in [-0.15, -0.1) is 0 Å². The van der Waals surface area contributed by atoms with Gasteiger partial charge in [0.1, 0.15) is 0 Å². The number of halogens is 1. The minimum atomic E-state index is 0.394. The van der Waals surface area contributed by atoms with Gasteiger partial charge in [0, 0.05) is 10.6 Å². The first-order valence-corrected chi connectivity index (χ1v) is 6.66. The Morgan fingerprint density at radius 1 is 1.38 bits per heavy atom.